The number of fused-ring (bicyclic) bond motifs is 1. The van der Waals surface area contributed by atoms with Crippen molar-refractivity contribution in [3.8, 4) is 5.75 Å². The Morgan fingerprint density at radius 1 is 1.30 bits per heavy atom. The first kappa shape index (κ1) is 12.7. The largest absolute Gasteiger partial charge is 0.484 e. The van der Waals surface area contributed by atoms with Gasteiger partial charge >= 0.3 is 0 Å². The molecule has 2 aromatic carbocycles. The average Bonchev–Trinajstić information content (AvgIpc) is 2.85. The minimum absolute atomic E-state index is 0.00399. The Hall–Kier alpha value is -2.27. The van der Waals surface area contributed by atoms with Crippen molar-refractivity contribution >= 4 is 28.4 Å². The molecule has 3 aromatic rings. The van der Waals surface area contributed by atoms with Crippen LogP contribution in [-0.2, 0) is 6.61 Å². The van der Waals surface area contributed by atoms with E-state index < -0.39 is 5.82 Å². The number of oxazole rings is 1. The fourth-order valence-corrected chi connectivity index (χ4v) is 1.96. The smallest absolute Gasteiger partial charge is 0.233 e. The van der Waals surface area contributed by atoms with E-state index in [1.54, 1.807) is 18.2 Å². The van der Waals surface area contributed by atoms with Crippen LogP contribution >= 0.6 is 11.6 Å². The third-order valence-corrected chi connectivity index (χ3v) is 3.04. The lowest BCUT2D eigenvalue weighted by atomic mass is 10.3. The van der Waals surface area contributed by atoms with Crippen LogP contribution in [0.3, 0.4) is 0 Å². The van der Waals surface area contributed by atoms with Crippen molar-refractivity contribution < 1.29 is 13.5 Å². The van der Waals surface area contributed by atoms with Gasteiger partial charge in [0.25, 0.3) is 0 Å². The lowest BCUT2D eigenvalue weighted by Gasteiger charge is -2.03. The van der Waals surface area contributed by atoms with Gasteiger partial charge in [0.15, 0.2) is 12.2 Å². The molecule has 0 saturated heterocycles. The Labute approximate surface area is 118 Å². The molecule has 2 N–H and O–H groups in total. The first-order valence-corrected chi connectivity index (χ1v) is 6.23. The molecule has 0 unspecified atom stereocenters. The van der Waals surface area contributed by atoms with E-state index in [0.29, 0.717) is 28.4 Å². The van der Waals surface area contributed by atoms with Crippen LogP contribution in [0.15, 0.2) is 40.8 Å². The topological polar surface area (TPSA) is 61.3 Å². The highest BCUT2D eigenvalue weighted by Crippen LogP contribution is 2.24. The number of anilines is 1. The number of nitrogens with two attached hydrogens (primary N) is 1. The van der Waals surface area contributed by atoms with Crippen molar-refractivity contribution in [3.05, 3.63) is 53.1 Å². The lowest BCUT2D eigenvalue weighted by Crippen LogP contribution is -1.96. The fraction of sp³-hybridized carbons (Fsp3) is 0.0714. The van der Waals surface area contributed by atoms with E-state index in [1.807, 2.05) is 0 Å². The summed E-state index contributed by atoms with van der Waals surface area (Å²) < 4.78 is 24.0. The second-order valence-electron chi connectivity index (χ2n) is 4.17. The molecular formula is C14H10ClFN2O2. The molecule has 4 nitrogen and oxygen atoms in total. The second kappa shape index (κ2) is 5.02. The van der Waals surface area contributed by atoms with Gasteiger partial charge < -0.3 is 14.9 Å². The van der Waals surface area contributed by atoms with Gasteiger partial charge in [-0.15, -0.1) is 0 Å². The van der Waals surface area contributed by atoms with E-state index in [9.17, 15) is 4.39 Å². The Morgan fingerprint density at radius 2 is 2.15 bits per heavy atom. The van der Waals surface area contributed by atoms with Crippen LogP contribution in [-0.4, -0.2) is 4.98 Å². The molecule has 6 heteroatoms. The second-order valence-corrected chi connectivity index (χ2v) is 4.57. The summed E-state index contributed by atoms with van der Waals surface area (Å²) in [4.78, 5) is 4.24. The monoisotopic (exact) mass is 292 g/mol. The Kier molecular flexibility index (Phi) is 3.20. The summed E-state index contributed by atoms with van der Waals surface area (Å²) >= 11 is 5.67. The van der Waals surface area contributed by atoms with Crippen LogP contribution < -0.4 is 10.5 Å². The molecule has 0 fully saturated rings. The van der Waals surface area contributed by atoms with Crippen molar-refractivity contribution in [3.63, 3.8) is 0 Å². The van der Waals surface area contributed by atoms with Crippen LogP contribution in [0.25, 0.3) is 11.1 Å². The van der Waals surface area contributed by atoms with Crippen LogP contribution in [0, 0.1) is 5.82 Å². The Bertz CT molecular complexity index is 773. The fourth-order valence-electron chi connectivity index (χ4n) is 1.79. The Morgan fingerprint density at radius 3 is 2.90 bits per heavy atom. The molecule has 3 rings (SSSR count). The van der Waals surface area contributed by atoms with Crippen LogP contribution in [0.2, 0.25) is 5.02 Å². The molecule has 0 radical (unpaired) electrons. The maximum Gasteiger partial charge on any atom is 0.233 e. The van der Waals surface area contributed by atoms with Crippen molar-refractivity contribution in [2.45, 2.75) is 6.61 Å². The van der Waals surface area contributed by atoms with E-state index in [1.165, 1.54) is 18.2 Å². The molecule has 20 heavy (non-hydrogen) atoms. The van der Waals surface area contributed by atoms with Crippen LogP contribution in [0.4, 0.5) is 10.1 Å². The first-order valence-electron chi connectivity index (χ1n) is 5.85. The average molecular weight is 293 g/mol. The van der Waals surface area contributed by atoms with E-state index in [-0.39, 0.29) is 11.6 Å². The van der Waals surface area contributed by atoms with Crippen molar-refractivity contribution in [1.82, 2.24) is 4.98 Å². The van der Waals surface area contributed by atoms with Gasteiger partial charge in [-0.1, -0.05) is 17.7 Å². The zero-order valence-electron chi connectivity index (χ0n) is 10.3. The maximum atomic E-state index is 13.0. The summed E-state index contributed by atoms with van der Waals surface area (Å²) in [5.41, 5.74) is 7.53. The van der Waals surface area contributed by atoms with Gasteiger partial charge in [0.2, 0.25) is 5.89 Å². The molecule has 0 aliphatic rings. The molecule has 0 atom stereocenters. The number of para-hydroxylation sites is 1. The number of aromatic nitrogens is 1. The quantitative estimate of drug-likeness (QED) is 0.746. The van der Waals surface area contributed by atoms with E-state index in [2.05, 4.69) is 4.98 Å². The number of nitrogen functional groups attached to an aromatic ring is 1. The summed E-state index contributed by atoms with van der Waals surface area (Å²) in [5, 5.41) is 0.00399. The highest BCUT2D eigenvalue weighted by Gasteiger charge is 2.09. The normalized spacial score (nSPS) is 10.9. The van der Waals surface area contributed by atoms with Gasteiger partial charge in [-0.25, -0.2) is 9.37 Å². The minimum Gasteiger partial charge on any atom is -0.484 e. The van der Waals surface area contributed by atoms with Gasteiger partial charge in [0.1, 0.15) is 17.1 Å². The van der Waals surface area contributed by atoms with Gasteiger partial charge in [-0.2, -0.15) is 0 Å². The highest BCUT2D eigenvalue weighted by molar-refractivity contribution is 6.30. The van der Waals surface area contributed by atoms with E-state index >= 15 is 0 Å². The number of hydrogen-bond donors (Lipinski definition) is 1. The summed E-state index contributed by atoms with van der Waals surface area (Å²) in [7, 11) is 0. The van der Waals surface area contributed by atoms with Crippen molar-refractivity contribution in [1.29, 1.82) is 0 Å². The van der Waals surface area contributed by atoms with E-state index in [4.69, 9.17) is 26.5 Å². The summed E-state index contributed by atoms with van der Waals surface area (Å²) in [6, 6.07) is 9.42. The summed E-state index contributed by atoms with van der Waals surface area (Å²) in [5.74, 6) is 0.332. The standard InChI is InChI=1S/C14H10ClFN2O2/c15-9-6-8(4-5-10(9)16)19-7-13-18-14-11(17)2-1-3-12(14)20-13/h1-6H,7,17H2. The number of ether oxygens (including phenoxy) is 1. The number of rotatable bonds is 3. The number of benzene rings is 2. The maximum absolute atomic E-state index is 13.0. The molecule has 0 amide bonds. The summed E-state index contributed by atoms with van der Waals surface area (Å²) in [6.45, 7) is 0.107. The Balaban J connectivity index is 1.79. The molecule has 1 aromatic heterocycles. The lowest BCUT2D eigenvalue weighted by molar-refractivity contribution is 0.267. The number of nitrogens with zero attached hydrogens (tertiary/aromatic N) is 1. The van der Waals surface area contributed by atoms with Crippen molar-refractivity contribution in [2.24, 2.45) is 0 Å². The predicted molar refractivity (Wildman–Crippen MR) is 74.2 cm³/mol. The molecule has 102 valence electrons. The molecule has 0 aliphatic heterocycles. The third-order valence-electron chi connectivity index (χ3n) is 2.75. The zero-order valence-corrected chi connectivity index (χ0v) is 11.0. The number of hydrogen-bond acceptors (Lipinski definition) is 4. The van der Waals surface area contributed by atoms with Crippen LogP contribution in [0.5, 0.6) is 5.75 Å². The third kappa shape index (κ3) is 2.40. The van der Waals surface area contributed by atoms with Gasteiger partial charge in [0, 0.05) is 6.07 Å². The first-order chi connectivity index (χ1) is 9.63. The molecule has 0 spiro atoms. The molecular weight excluding hydrogens is 283 g/mol. The number of halogens is 2. The minimum atomic E-state index is -0.492. The molecule has 0 bridgehead atoms. The van der Waals surface area contributed by atoms with Gasteiger partial charge in [-0.3, -0.25) is 0 Å². The van der Waals surface area contributed by atoms with Crippen LogP contribution in [0.1, 0.15) is 5.89 Å². The van der Waals surface area contributed by atoms with Gasteiger partial charge in [-0.05, 0) is 24.3 Å². The zero-order chi connectivity index (χ0) is 14.1. The molecule has 1 heterocycles. The van der Waals surface area contributed by atoms with E-state index in [0.717, 1.165) is 0 Å². The SMILES string of the molecule is Nc1cccc2oc(COc3ccc(F)c(Cl)c3)nc12. The molecule has 0 saturated carbocycles. The summed E-state index contributed by atoms with van der Waals surface area (Å²) in [6.07, 6.45) is 0. The van der Waals surface area contributed by atoms with Gasteiger partial charge in [0.05, 0.1) is 10.7 Å². The van der Waals surface area contributed by atoms with Crippen molar-refractivity contribution in [2.75, 3.05) is 5.73 Å². The molecule has 0 aliphatic carbocycles. The predicted octanol–water partition coefficient (Wildman–Crippen LogP) is 3.78. The highest BCUT2D eigenvalue weighted by atomic mass is 35.5.